The van der Waals surface area contributed by atoms with Gasteiger partial charge in [-0.15, -0.1) is 11.8 Å². The molecule has 0 saturated heterocycles. The quantitative estimate of drug-likeness (QED) is 0.652. The molecule has 0 bridgehead atoms. The van der Waals surface area contributed by atoms with Crippen LogP contribution < -0.4 is 10.1 Å². The summed E-state index contributed by atoms with van der Waals surface area (Å²) in [6, 6.07) is 16.8. The van der Waals surface area contributed by atoms with Crippen LogP contribution in [-0.2, 0) is 16.1 Å². The van der Waals surface area contributed by atoms with E-state index >= 15 is 0 Å². The van der Waals surface area contributed by atoms with Crippen molar-refractivity contribution in [2.24, 2.45) is 0 Å². The summed E-state index contributed by atoms with van der Waals surface area (Å²) in [6.45, 7) is 5.95. The minimum Gasteiger partial charge on any atom is -0.497 e. The second-order valence-electron chi connectivity index (χ2n) is 6.81. The maximum Gasteiger partial charge on any atom is 0.242 e. The Hall–Kier alpha value is -2.47. The van der Waals surface area contributed by atoms with Crippen molar-refractivity contribution < 1.29 is 14.3 Å². The van der Waals surface area contributed by atoms with Crippen LogP contribution in [0.1, 0.15) is 26.3 Å². The van der Waals surface area contributed by atoms with Gasteiger partial charge in [-0.2, -0.15) is 0 Å². The third kappa shape index (κ3) is 6.60. The van der Waals surface area contributed by atoms with Crippen molar-refractivity contribution in [1.82, 2.24) is 10.2 Å². The number of hydrogen-bond acceptors (Lipinski definition) is 4. The maximum absolute atomic E-state index is 13.0. The highest BCUT2D eigenvalue weighted by atomic mass is 32.2. The van der Waals surface area contributed by atoms with Crippen LogP contribution >= 0.6 is 11.8 Å². The Morgan fingerprint density at radius 3 is 2.25 bits per heavy atom. The predicted octanol–water partition coefficient (Wildman–Crippen LogP) is 3.73. The zero-order chi connectivity index (χ0) is 20.5. The molecule has 0 radical (unpaired) electrons. The Labute approximate surface area is 171 Å². The molecule has 0 aliphatic carbocycles. The van der Waals surface area contributed by atoms with Crippen molar-refractivity contribution in [3.63, 3.8) is 0 Å². The number of rotatable bonds is 9. The zero-order valence-electron chi connectivity index (χ0n) is 16.8. The summed E-state index contributed by atoms with van der Waals surface area (Å²) in [5, 5.41) is 2.90. The molecule has 2 aromatic rings. The van der Waals surface area contributed by atoms with Gasteiger partial charge in [-0.3, -0.25) is 9.59 Å². The van der Waals surface area contributed by atoms with Crippen LogP contribution in [0.3, 0.4) is 0 Å². The lowest BCUT2D eigenvalue weighted by Crippen LogP contribution is -2.49. The van der Waals surface area contributed by atoms with Crippen molar-refractivity contribution in [3.8, 4) is 5.75 Å². The van der Waals surface area contributed by atoms with E-state index in [0.29, 0.717) is 6.54 Å². The lowest BCUT2D eigenvalue weighted by atomic mass is 10.1. The standard InChI is InChI=1S/C22H28N2O3S/c1-16(2)23-22(26)17(3)24(14-18-10-12-19(27-4)13-11-18)21(25)15-28-20-8-6-5-7-9-20/h5-13,16-17H,14-15H2,1-4H3,(H,23,26)/t17-/m1/s1. The molecule has 0 saturated carbocycles. The largest absolute Gasteiger partial charge is 0.497 e. The molecule has 2 aromatic carbocycles. The highest BCUT2D eigenvalue weighted by Crippen LogP contribution is 2.20. The predicted molar refractivity (Wildman–Crippen MR) is 113 cm³/mol. The summed E-state index contributed by atoms with van der Waals surface area (Å²) >= 11 is 1.47. The summed E-state index contributed by atoms with van der Waals surface area (Å²) in [6.07, 6.45) is 0. The molecule has 0 unspecified atom stereocenters. The maximum atomic E-state index is 13.0. The molecule has 6 heteroatoms. The number of carbonyl (C=O) groups is 2. The number of ether oxygens (including phenoxy) is 1. The van der Waals surface area contributed by atoms with E-state index in [-0.39, 0.29) is 23.6 Å². The highest BCUT2D eigenvalue weighted by Gasteiger charge is 2.26. The summed E-state index contributed by atoms with van der Waals surface area (Å²) in [7, 11) is 1.62. The smallest absolute Gasteiger partial charge is 0.242 e. The molecular weight excluding hydrogens is 372 g/mol. The van der Waals surface area contributed by atoms with E-state index in [1.54, 1.807) is 18.9 Å². The van der Waals surface area contributed by atoms with Gasteiger partial charge >= 0.3 is 0 Å². The molecule has 0 fully saturated rings. The number of nitrogens with one attached hydrogen (secondary N) is 1. The third-order valence-electron chi connectivity index (χ3n) is 4.22. The zero-order valence-corrected chi connectivity index (χ0v) is 17.7. The fourth-order valence-electron chi connectivity index (χ4n) is 2.66. The van der Waals surface area contributed by atoms with Gasteiger partial charge in [0.25, 0.3) is 0 Å². The highest BCUT2D eigenvalue weighted by molar-refractivity contribution is 8.00. The number of methoxy groups -OCH3 is 1. The summed E-state index contributed by atoms with van der Waals surface area (Å²) in [5.74, 6) is 0.809. The average molecular weight is 401 g/mol. The molecule has 5 nitrogen and oxygen atoms in total. The van der Waals surface area contributed by atoms with Gasteiger partial charge in [-0.1, -0.05) is 30.3 Å². The van der Waals surface area contributed by atoms with Gasteiger partial charge < -0.3 is 15.0 Å². The van der Waals surface area contributed by atoms with Crippen molar-refractivity contribution >= 4 is 23.6 Å². The van der Waals surface area contributed by atoms with Gasteiger partial charge in [-0.05, 0) is 50.6 Å². The van der Waals surface area contributed by atoms with Crippen LogP contribution in [0, 0.1) is 0 Å². The van der Waals surface area contributed by atoms with E-state index in [4.69, 9.17) is 4.74 Å². The second kappa shape index (κ2) is 10.8. The van der Waals surface area contributed by atoms with Gasteiger partial charge in [0, 0.05) is 17.5 Å². The topological polar surface area (TPSA) is 58.6 Å². The van der Waals surface area contributed by atoms with Gasteiger partial charge in [0.2, 0.25) is 11.8 Å². The number of thioether (sulfide) groups is 1. The van der Waals surface area contributed by atoms with Gasteiger partial charge in [0.1, 0.15) is 11.8 Å². The Kier molecular flexibility index (Phi) is 8.39. The Morgan fingerprint density at radius 1 is 1.04 bits per heavy atom. The first-order valence-corrected chi connectivity index (χ1v) is 10.3. The summed E-state index contributed by atoms with van der Waals surface area (Å²) < 4.78 is 5.19. The number of amides is 2. The first kappa shape index (κ1) is 21.8. The summed E-state index contributed by atoms with van der Waals surface area (Å²) in [5.41, 5.74) is 0.947. The van der Waals surface area contributed by atoms with Crippen LogP contribution in [0.15, 0.2) is 59.5 Å². The van der Waals surface area contributed by atoms with E-state index in [1.165, 1.54) is 11.8 Å². The van der Waals surface area contributed by atoms with Crippen molar-refractivity contribution in [3.05, 3.63) is 60.2 Å². The Morgan fingerprint density at radius 2 is 1.68 bits per heavy atom. The molecule has 0 heterocycles. The molecule has 1 N–H and O–H groups in total. The van der Waals surface area contributed by atoms with E-state index in [2.05, 4.69) is 5.32 Å². The van der Waals surface area contributed by atoms with Gasteiger partial charge in [-0.25, -0.2) is 0 Å². The van der Waals surface area contributed by atoms with Gasteiger partial charge in [0.15, 0.2) is 0 Å². The van der Waals surface area contributed by atoms with E-state index < -0.39 is 6.04 Å². The molecular formula is C22H28N2O3S. The first-order valence-electron chi connectivity index (χ1n) is 9.31. The van der Waals surface area contributed by atoms with Crippen molar-refractivity contribution in [2.45, 2.75) is 44.3 Å². The van der Waals surface area contributed by atoms with Crippen LogP contribution in [0.4, 0.5) is 0 Å². The molecule has 0 aliphatic heterocycles. The number of benzene rings is 2. The molecule has 2 amide bonds. The van der Waals surface area contributed by atoms with Crippen molar-refractivity contribution in [1.29, 1.82) is 0 Å². The molecule has 2 rings (SSSR count). The van der Waals surface area contributed by atoms with E-state index in [0.717, 1.165) is 16.2 Å². The normalized spacial score (nSPS) is 11.8. The van der Waals surface area contributed by atoms with Crippen molar-refractivity contribution in [2.75, 3.05) is 12.9 Å². The Bertz CT molecular complexity index is 763. The van der Waals surface area contributed by atoms with Gasteiger partial charge in [0.05, 0.1) is 12.9 Å². The number of carbonyl (C=O) groups excluding carboxylic acids is 2. The fourth-order valence-corrected chi connectivity index (χ4v) is 3.47. The molecule has 0 aromatic heterocycles. The molecule has 28 heavy (non-hydrogen) atoms. The first-order chi connectivity index (χ1) is 13.4. The van der Waals surface area contributed by atoms with Crippen LogP contribution in [0.2, 0.25) is 0 Å². The minimum absolute atomic E-state index is 0.0200. The van der Waals surface area contributed by atoms with Crippen LogP contribution in [0.25, 0.3) is 0 Å². The third-order valence-corrected chi connectivity index (χ3v) is 5.21. The molecule has 0 spiro atoms. The van der Waals surface area contributed by atoms with E-state index in [9.17, 15) is 9.59 Å². The van der Waals surface area contributed by atoms with Crippen LogP contribution in [0.5, 0.6) is 5.75 Å². The fraction of sp³-hybridized carbons (Fsp3) is 0.364. The lowest BCUT2D eigenvalue weighted by molar-refractivity contribution is -0.138. The molecule has 1 atom stereocenters. The summed E-state index contributed by atoms with van der Waals surface area (Å²) in [4.78, 5) is 28.2. The molecule has 0 aliphatic rings. The Balaban J connectivity index is 2.13. The SMILES string of the molecule is COc1ccc(CN(C(=O)CSc2ccccc2)[C@H](C)C(=O)NC(C)C)cc1. The monoisotopic (exact) mass is 400 g/mol. The lowest BCUT2D eigenvalue weighted by Gasteiger charge is -2.29. The second-order valence-corrected chi connectivity index (χ2v) is 7.86. The number of hydrogen-bond donors (Lipinski definition) is 1. The van der Waals surface area contributed by atoms with E-state index in [1.807, 2.05) is 68.4 Å². The minimum atomic E-state index is -0.562. The average Bonchev–Trinajstić information content (AvgIpc) is 2.70. The number of nitrogens with zero attached hydrogens (tertiary/aromatic N) is 1. The molecule has 150 valence electrons. The van der Waals surface area contributed by atoms with Crippen LogP contribution in [-0.4, -0.2) is 41.7 Å².